The van der Waals surface area contributed by atoms with Crippen molar-refractivity contribution >= 4 is 27.6 Å². The van der Waals surface area contributed by atoms with Crippen molar-refractivity contribution in [3.8, 4) is 0 Å². The lowest BCUT2D eigenvalue weighted by Crippen LogP contribution is -2.40. The predicted octanol–water partition coefficient (Wildman–Crippen LogP) is 2.60. The Balaban J connectivity index is 3.34. The largest absolute Gasteiger partial charge is 0.478 e. The molecule has 0 saturated carbocycles. The summed E-state index contributed by atoms with van der Waals surface area (Å²) in [5.74, 6) is -2.58. The zero-order chi connectivity index (χ0) is 18.7. The van der Waals surface area contributed by atoms with E-state index in [4.69, 9.17) is 16.7 Å². The van der Waals surface area contributed by atoms with Crippen molar-refractivity contribution < 1.29 is 27.8 Å². The smallest absolute Gasteiger partial charge is 0.337 e. The molecule has 0 heterocycles. The van der Waals surface area contributed by atoms with Crippen LogP contribution in [0.15, 0.2) is 17.0 Å². The molecule has 0 amide bonds. The topological polar surface area (TPSA) is 94.9 Å². The lowest BCUT2D eigenvalue weighted by molar-refractivity contribution is 0.0696. The highest BCUT2D eigenvalue weighted by Gasteiger charge is 2.34. The van der Waals surface area contributed by atoms with Gasteiger partial charge in [0.05, 0.1) is 10.6 Å². The van der Waals surface area contributed by atoms with E-state index >= 15 is 0 Å². The summed E-state index contributed by atoms with van der Waals surface area (Å²) < 4.78 is 40.3. The Morgan fingerprint density at radius 2 is 1.88 bits per heavy atom. The van der Waals surface area contributed by atoms with Gasteiger partial charge in [-0.05, 0) is 25.0 Å². The van der Waals surface area contributed by atoms with Gasteiger partial charge in [0.1, 0.15) is 10.7 Å². The molecule has 1 aromatic carbocycles. The second-order valence-corrected chi connectivity index (χ2v) is 8.11. The van der Waals surface area contributed by atoms with Gasteiger partial charge in [0.25, 0.3) is 0 Å². The molecule has 0 spiro atoms. The maximum absolute atomic E-state index is 14.1. The van der Waals surface area contributed by atoms with Crippen LogP contribution in [0.5, 0.6) is 0 Å². The van der Waals surface area contributed by atoms with E-state index < -0.39 is 37.7 Å². The molecule has 0 aromatic heterocycles. The van der Waals surface area contributed by atoms with Crippen LogP contribution in [0.3, 0.4) is 0 Å². The van der Waals surface area contributed by atoms with Crippen molar-refractivity contribution in [2.45, 2.75) is 31.6 Å². The fourth-order valence-corrected chi connectivity index (χ4v) is 3.95. The van der Waals surface area contributed by atoms with Crippen LogP contribution in [0, 0.1) is 11.2 Å². The third-order valence-electron chi connectivity index (χ3n) is 4.33. The number of aromatic carboxylic acids is 1. The van der Waals surface area contributed by atoms with E-state index in [0.717, 1.165) is 4.31 Å². The fraction of sp³-hybridized carbons (Fsp3) is 0.533. The molecular formula is C15H21ClFNO5S. The molecule has 1 rings (SSSR count). The maximum atomic E-state index is 14.1. The van der Waals surface area contributed by atoms with Crippen LogP contribution in [0.4, 0.5) is 4.39 Å². The molecule has 0 atom stereocenters. The van der Waals surface area contributed by atoms with Gasteiger partial charge in [-0.15, -0.1) is 0 Å². The van der Waals surface area contributed by atoms with Gasteiger partial charge in [-0.2, -0.15) is 0 Å². The summed E-state index contributed by atoms with van der Waals surface area (Å²) >= 11 is 5.64. The average Bonchev–Trinajstić information content (AvgIpc) is 2.51. The van der Waals surface area contributed by atoms with E-state index in [-0.39, 0.29) is 18.2 Å². The minimum atomic E-state index is -4.28. The summed E-state index contributed by atoms with van der Waals surface area (Å²) in [6.45, 7) is 3.41. The molecular weight excluding hydrogens is 361 g/mol. The standard InChI is InChI=1S/C15H21ClFNO5S/c1-4-15(5-2,9-19)8-18(3)24(22,23)13-6-10(14(20)21)11(16)7-12(13)17/h6-7,19H,4-5,8-9H2,1-3H3,(H,20,21). The van der Waals surface area contributed by atoms with E-state index in [2.05, 4.69) is 0 Å². The minimum Gasteiger partial charge on any atom is -0.478 e. The first kappa shape index (κ1) is 20.8. The summed E-state index contributed by atoms with van der Waals surface area (Å²) in [5, 5.41) is 18.2. The first-order valence-electron chi connectivity index (χ1n) is 7.34. The highest BCUT2D eigenvalue weighted by atomic mass is 35.5. The number of aliphatic hydroxyl groups excluding tert-OH is 1. The van der Waals surface area contributed by atoms with Crippen LogP contribution in [0.1, 0.15) is 37.0 Å². The van der Waals surface area contributed by atoms with E-state index in [1.807, 2.05) is 13.8 Å². The fourth-order valence-electron chi connectivity index (χ4n) is 2.36. The van der Waals surface area contributed by atoms with Crippen molar-refractivity contribution in [1.29, 1.82) is 0 Å². The first-order valence-corrected chi connectivity index (χ1v) is 9.16. The number of hydrogen-bond acceptors (Lipinski definition) is 4. The SMILES string of the molecule is CCC(CC)(CO)CN(C)S(=O)(=O)c1cc(C(=O)O)c(Cl)cc1F. The number of carboxylic acids is 1. The Morgan fingerprint density at radius 1 is 1.33 bits per heavy atom. The highest BCUT2D eigenvalue weighted by molar-refractivity contribution is 7.89. The van der Waals surface area contributed by atoms with Crippen LogP contribution in [-0.4, -0.2) is 49.1 Å². The van der Waals surface area contributed by atoms with Crippen molar-refractivity contribution in [3.05, 3.63) is 28.5 Å². The monoisotopic (exact) mass is 381 g/mol. The molecule has 0 radical (unpaired) electrons. The number of nitrogens with zero attached hydrogens (tertiary/aromatic N) is 1. The number of carbonyl (C=O) groups is 1. The molecule has 0 saturated heterocycles. The molecule has 6 nitrogen and oxygen atoms in total. The molecule has 9 heteroatoms. The van der Waals surface area contributed by atoms with Gasteiger partial charge in [-0.3, -0.25) is 0 Å². The van der Waals surface area contributed by atoms with E-state index in [1.54, 1.807) is 0 Å². The summed E-state index contributed by atoms with van der Waals surface area (Å²) in [6, 6.07) is 1.38. The Bertz CT molecular complexity index is 711. The van der Waals surface area contributed by atoms with Crippen molar-refractivity contribution in [2.75, 3.05) is 20.2 Å². The van der Waals surface area contributed by atoms with Crippen molar-refractivity contribution in [2.24, 2.45) is 5.41 Å². The van der Waals surface area contributed by atoms with E-state index in [9.17, 15) is 22.7 Å². The van der Waals surface area contributed by atoms with Crippen LogP contribution >= 0.6 is 11.6 Å². The Morgan fingerprint density at radius 3 is 2.29 bits per heavy atom. The van der Waals surface area contributed by atoms with Crippen LogP contribution in [0.2, 0.25) is 5.02 Å². The van der Waals surface area contributed by atoms with Gasteiger partial charge < -0.3 is 10.2 Å². The van der Waals surface area contributed by atoms with E-state index in [0.29, 0.717) is 25.0 Å². The first-order chi connectivity index (χ1) is 11.0. The lowest BCUT2D eigenvalue weighted by Gasteiger charge is -2.33. The maximum Gasteiger partial charge on any atom is 0.337 e. The van der Waals surface area contributed by atoms with Gasteiger partial charge in [0.15, 0.2) is 0 Å². The number of sulfonamides is 1. The number of aliphatic hydroxyl groups is 1. The Kier molecular flexibility index (Phi) is 6.75. The predicted molar refractivity (Wildman–Crippen MR) is 88.3 cm³/mol. The third kappa shape index (κ3) is 4.05. The molecule has 0 bridgehead atoms. The van der Waals surface area contributed by atoms with Gasteiger partial charge in [-0.1, -0.05) is 25.4 Å². The molecule has 0 unspecified atom stereocenters. The highest BCUT2D eigenvalue weighted by Crippen LogP contribution is 2.31. The molecule has 0 fully saturated rings. The molecule has 136 valence electrons. The van der Waals surface area contributed by atoms with Gasteiger partial charge in [0, 0.05) is 25.6 Å². The molecule has 2 N–H and O–H groups in total. The van der Waals surface area contributed by atoms with Gasteiger partial charge in [-0.25, -0.2) is 21.9 Å². The summed E-state index contributed by atoms with van der Waals surface area (Å²) in [6.07, 6.45) is 1.06. The number of benzene rings is 1. The van der Waals surface area contributed by atoms with Crippen molar-refractivity contribution in [1.82, 2.24) is 4.31 Å². The van der Waals surface area contributed by atoms with Crippen LogP contribution < -0.4 is 0 Å². The number of rotatable bonds is 8. The van der Waals surface area contributed by atoms with Crippen molar-refractivity contribution in [3.63, 3.8) is 0 Å². The zero-order valence-electron chi connectivity index (χ0n) is 13.7. The Labute approximate surface area is 145 Å². The molecule has 24 heavy (non-hydrogen) atoms. The summed E-state index contributed by atoms with van der Waals surface area (Å²) in [7, 11) is -3.02. The normalized spacial score (nSPS) is 12.6. The quantitative estimate of drug-likeness (QED) is 0.721. The molecule has 0 aliphatic rings. The number of carboxylic acid groups (broad SMARTS) is 1. The summed E-state index contributed by atoms with van der Waals surface area (Å²) in [4.78, 5) is 10.3. The third-order valence-corrected chi connectivity index (χ3v) is 6.46. The van der Waals surface area contributed by atoms with Crippen LogP contribution in [-0.2, 0) is 10.0 Å². The minimum absolute atomic E-state index is 0.0245. The second kappa shape index (κ2) is 7.77. The second-order valence-electron chi connectivity index (χ2n) is 5.69. The number of hydrogen-bond donors (Lipinski definition) is 2. The Hall–Kier alpha value is -1.22. The summed E-state index contributed by atoms with van der Waals surface area (Å²) in [5.41, 5.74) is -1.15. The molecule has 1 aromatic rings. The molecule has 0 aliphatic carbocycles. The van der Waals surface area contributed by atoms with Crippen LogP contribution in [0.25, 0.3) is 0 Å². The lowest BCUT2D eigenvalue weighted by atomic mass is 9.83. The molecule has 0 aliphatic heterocycles. The number of halogens is 2. The van der Waals surface area contributed by atoms with E-state index in [1.165, 1.54) is 7.05 Å². The zero-order valence-corrected chi connectivity index (χ0v) is 15.3. The van der Waals surface area contributed by atoms with Gasteiger partial charge >= 0.3 is 5.97 Å². The average molecular weight is 382 g/mol. The van der Waals surface area contributed by atoms with Gasteiger partial charge in [0.2, 0.25) is 10.0 Å².